The molecule has 0 N–H and O–H groups in total. The molecule has 7 unspecified atom stereocenters. The van der Waals surface area contributed by atoms with Crippen molar-refractivity contribution in [1.82, 2.24) is 42.4 Å². The van der Waals surface area contributed by atoms with Gasteiger partial charge in [-0.3, -0.25) is 57.8 Å². The monoisotopic (exact) mass is 1830 g/mol. The topological polar surface area (TPSA) is 286 Å². The van der Waals surface area contributed by atoms with Crippen molar-refractivity contribution in [2.75, 3.05) is 74.3 Å². The van der Waals surface area contributed by atoms with Crippen molar-refractivity contribution < 1.29 is 97.7 Å². The molecule has 678 valence electrons. The standard InChI is InChI=1S/C35H24F2N4O6.2C32H24F2N4O6/c36-23-12-11-22-28(29(23)37)25-10-5-14-38(25)24-9-4-3-8-21(24)30(22)41-27-18-45-17-16-39(27)33(43)31-32(26(42)13-15-40(31)41)46-35-20-7-2-1-6-19(20)34(44)47-35;2*1-17-15-25(44-32(17)41)43-30-23(39)10-12-37-29(30)31(40)36-13-14-42-16-24(36)38(37)28-18-5-2-3-6-21(18)35-11-4-7-22(35)26-19(28)8-9-20(33)27(26)34/h1-15,27,30,35H,16-18H2;2*2-12,15,24-25,28H,13-14,16H2,1H3/t;24-,25?,28-;/m.1./s1. The number of aromatic nitrogens is 6. The zero-order valence-electron chi connectivity index (χ0n) is 71.1. The SMILES string of the molecule is CC1=CC(Oc2c3n(ccc2=O)N(C2c4ccccc4-n4cccc4-c4c2ccc(F)c4F)C2COCCN2C3=O)OC1=O.CC1=CC(Oc2c3n(ccc2=O)N([C@@H]2c4ccccc4-n4cccc4-c4c2ccc(F)c4F)[C@@H]2COCCN2C3=O)OC1=O.O=C1OC(Oc2c3n(ccc2=O)N(C2c4ccccc4-n4cccc4-c4c2ccc(F)c4F)C2COCCN2C3=O)c2ccccc21. The van der Waals surface area contributed by atoms with E-state index in [9.17, 15) is 56.3 Å². The Morgan fingerprint density at radius 3 is 0.993 bits per heavy atom. The molecule has 25 rings (SSSR count). The van der Waals surface area contributed by atoms with Crippen LogP contribution in [0.25, 0.3) is 50.8 Å². The first-order valence-corrected chi connectivity index (χ1v) is 43.2. The van der Waals surface area contributed by atoms with Crippen molar-refractivity contribution in [2.24, 2.45) is 0 Å². The van der Waals surface area contributed by atoms with Gasteiger partial charge in [0.25, 0.3) is 36.6 Å². The van der Waals surface area contributed by atoms with Crippen LogP contribution in [0.3, 0.4) is 0 Å². The molecule has 3 fully saturated rings. The number of esters is 3. The number of ether oxygens (including phenoxy) is 9. The van der Waals surface area contributed by atoms with Gasteiger partial charge in [-0.05, 0) is 109 Å². The molecule has 0 bridgehead atoms. The molecule has 12 aliphatic heterocycles. The maximum Gasteiger partial charge on any atom is 0.342 e. The fourth-order valence-corrected chi connectivity index (χ4v) is 20.3. The number of carbonyl (C=O) groups excluding carboxylic acids is 6. The molecule has 0 saturated carbocycles. The summed E-state index contributed by atoms with van der Waals surface area (Å²) in [5, 5.41) is 5.52. The summed E-state index contributed by atoms with van der Waals surface area (Å²) in [6, 6.07) is 49.0. The van der Waals surface area contributed by atoms with Crippen LogP contribution < -0.4 is 45.5 Å². The number of pyridine rings is 3. The number of cyclic esters (lactones) is 3. The first-order chi connectivity index (χ1) is 65.6. The van der Waals surface area contributed by atoms with E-state index in [0.29, 0.717) is 56.0 Å². The van der Waals surface area contributed by atoms with Crippen molar-refractivity contribution in [3.63, 3.8) is 0 Å². The Bertz CT molecular complexity index is 7280. The van der Waals surface area contributed by atoms with Crippen molar-refractivity contribution in [1.29, 1.82) is 0 Å². The molecule has 7 aromatic carbocycles. The highest BCUT2D eigenvalue weighted by Crippen LogP contribution is 2.52. The van der Waals surface area contributed by atoms with Gasteiger partial charge in [0.1, 0.15) is 36.6 Å². The van der Waals surface area contributed by atoms with Crippen LogP contribution in [0.1, 0.15) is 119 Å². The number of carbonyl (C=O) groups is 6. The molecule has 0 aliphatic carbocycles. The molecule has 3 saturated heterocycles. The third kappa shape index (κ3) is 13.0. The minimum atomic E-state index is -1.26. The van der Waals surface area contributed by atoms with E-state index < -0.39 is 142 Å². The van der Waals surface area contributed by atoms with Crippen LogP contribution in [0.5, 0.6) is 17.2 Å². The van der Waals surface area contributed by atoms with Crippen LogP contribution in [0.2, 0.25) is 0 Å². The van der Waals surface area contributed by atoms with Gasteiger partial charge in [0.2, 0.25) is 33.5 Å². The average Bonchev–Trinajstić information content (AvgIpc) is 1.68. The Morgan fingerprint density at radius 2 is 0.652 bits per heavy atom. The maximum absolute atomic E-state index is 16.0. The smallest absolute Gasteiger partial charge is 0.342 e. The average molecular weight is 1830 g/mol. The molecular formula is C99H72F6N12O18. The predicted molar refractivity (Wildman–Crippen MR) is 466 cm³/mol. The van der Waals surface area contributed by atoms with Crippen LogP contribution in [0, 0.1) is 34.9 Å². The van der Waals surface area contributed by atoms with E-state index in [2.05, 4.69) is 0 Å². The van der Waals surface area contributed by atoms with Crippen molar-refractivity contribution in [3.8, 4) is 68.1 Å². The van der Waals surface area contributed by atoms with Crippen LogP contribution in [-0.2, 0) is 38.0 Å². The van der Waals surface area contributed by atoms with Gasteiger partial charge in [-0.1, -0.05) is 91.0 Å². The Kier molecular flexibility index (Phi) is 19.8. The van der Waals surface area contributed by atoms with Crippen molar-refractivity contribution >= 4 is 35.6 Å². The molecule has 135 heavy (non-hydrogen) atoms. The van der Waals surface area contributed by atoms with Gasteiger partial charge in [0, 0.05) is 137 Å². The summed E-state index contributed by atoms with van der Waals surface area (Å²) >= 11 is 0. The fourth-order valence-electron chi connectivity index (χ4n) is 20.3. The van der Waals surface area contributed by atoms with Gasteiger partial charge in [0.05, 0.1) is 79.3 Å². The third-order valence-corrected chi connectivity index (χ3v) is 26.2. The van der Waals surface area contributed by atoms with Crippen molar-refractivity contribution in [2.45, 2.75) is 69.3 Å². The fraction of sp³-hybridized carbons (Fsp3) is 0.202. The van der Waals surface area contributed by atoms with E-state index in [1.165, 1.54) is 63.0 Å². The normalized spacial score (nSPS) is 21.4. The van der Waals surface area contributed by atoms with Gasteiger partial charge < -0.3 is 71.0 Å². The number of benzene rings is 7. The highest BCUT2D eigenvalue weighted by Gasteiger charge is 2.53. The first kappa shape index (κ1) is 83.1. The van der Waals surface area contributed by atoms with Gasteiger partial charge in [0.15, 0.2) is 52.0 Å². The minimum absolute atomic E-state index is 0.0740. The van der Waals surface area contributed by atoms with Gasteiger partial charge >= 0.3 is 17.9 Å². The molecule has 6 aromatic heterocycles. The number of amides is 3. The van der Waals surface area contributed by atoms with Crippen LogP contribution in [0.4, 0.5) is 26.3 Å². The van der Waals surface area contributed by atoms with E-state index in [1.807, 2.05) is 102 Å². The minimum Gasteiger partial charge on any atom is -0.444 e. The van der Waals surface area contributed by atoms with E-state index in [-0.39, 0.29) is 110 Å². The summed E-state index contributed by atoms with van der Waals surface area (Å²) in [6.45, 7) is 4.82. The number of fused-ring (bicyclic) bond motifs is 22. The van der Waals surface area contributed by atoms with Crippen LogP contribution >= 0.6 is 0 Å². The van der Waals surface area contributed by atoms with Gasteiger partial charge in [-0.15, -0.1) is 0 Å². The lowest BCUT2D eigenvalue weighted by Gasteiger charge is -2.51. The summed E-state index contributed by atoms with van der Waals surface area (Å²) in [5.74, 6) is -10.1. The zero-order chi connectivity index (χ0) is 92.5. The second-order valence-electron chi connectivity index (χ2n) is 33.5. The number of hydrogen-bond acceptors (Lipinski definition) is 21. The van der Waals surface area contributed by atoms with E-state index >= 15 is 13.2 Å². The molecule has 30 nitrogen and oxygen atoms in total. The Labute approximate surface area is 759 Å². The predicted octanol–water partition coefficient (Wildman–Crippen LogP) is 12.0. The number of morpholine rings is 3. The Morgan fingerprint density at radius 1 is 0.326 bits per heavy atom. The summed E-state index contributed by atoms with van der Waals surface area (Å²) in [7, 11) is 0. The number of nitrogens with zero attached hydrogens (tertiary/aromatic N) is 12. The summed E-state index contributed by atoms with van der Waals surface area (Å²) < 4.78 is 154. The van der Waals surface area contributed by atoms with E-state index in [4.69, 9.17) is 42.6 Å². The van der Waals surface area contributed by atoms with Crippen molar-refractivity contribution in [3.05, 3.63) is 376 Å². The quantitative estimate of drug-likeness (QED) is 0.0737. The summed E-state index contributed by atoms with van der Waals surface area (Å²) in [4.78, 5) is 124. The largest absolute Gasteiger partial charge is 0.444 e. The third-order valence-electron chi connectivity index (χ3n) is 26.2. The summed E-state index contributed by atoms with van der Waals surface area (Å²) in [6.07, 6.45) is 6.86. The number of rotatable bonds is 9. The molecule has 9 atom stereocenters. The molecular weight excluding hydrogens is 1760 g/mol. The Balaban J connectivity index is 0.000000114. The lowest BCUT2D eigenvalue weighted by atomic mass is 9.91. The second kappa shape index (κ2) is 32.1. The highest BCUT2D eigenvalue weighted by atomic mass is 19.2. The van der Waals surface area contributed by atoms with E-state index in [1.54, 1.807) is 126 Å². The second-order valence-corrected chi connectivity index (χ2v) is 33.5. The maximum atomic E-state index is 16.0. The lowest BCUT2D eigenvalue weighted by molar-refractivity contribution is -0.149. The molecule has 0 radical (unpaired) electrons. The Hall–Kier alpha value is -16.2. The van der Waals surface area contributed by atoms with E-state index in [0.717, 1.165) is 52.0 Å². The van der Waals surface area contributed by atoms with Gasteiger partial charge in [-0.25, -0.2) is 40.7 Å². The molecule has 3 amide bonds. The first-order valence-electron chi connectivity index (χ1n) is 43.2. The number of para-hydroxylation sites is 3. The molecule has 13 aromatic rings. The molecule has 0 spiro atoms. The molecule has 36 heteroatoms. The molecule has 12 aliphatic rings. The van der Waals surface area contributed by atoms with Gasteiger partial charge in [-0.2, -0.15) is 0 Å². The van der Waals surface area contributed by atoms with Crippen LogP contribution in [0.15, 0.2) is 263 Å². The zero-order valence-corrected chi connectivity index (χ0v) is 71.1. The number of hydrogen-bond donors (Lipinski definition) is 0. The summed E-state index contributed by atoms with van der Waals surface area (Å²) in [5.41, 5.74) is 6.66. The van der Waals surface area contributed by atoms with Crippen LogP contribution in [-0.4, -0.2) is 168 Å². The molecule has 18 heterocycles. The highest BCUT2D eigenvalue weighted by molar-refractivity contribution is 6.00. The number of halogens is 6. The lowest BCUT2D eigenvalue weighted by Crippen LogP contribution is -2.66.